The molecule has 3 rings (SSSR count). The minimum atomic E-state index is -0.450. The number of nitrogens with two attached hydrogens (primary N) is 1. The molecule has 2 saturated carbocycles. The predicted molar refractivity (Wildman–Crippen MR) is 78.7 cm³/mol. The standard InChI is InChI=1S/C15H19FN2O.ClH/c16-13-6-5-9(11-8-14(11)17)7-12(13)15(19)18-10-3-1-2-4-10;/h5-7,10-11,14H,1-4,8,17H2,(H,18,19);1H. The number of amides is 1. The summed E-state index contributed by atoms with van der Waals surface area (Å²) in [6.07, 6.45) is 5.21. The molecule has 1 aromatic carbocycles. The molecule has 1 aromatic rings. The van der Waals surface area contributed by atoms with Crippen molar-refractivity contribution in [3.8, 4) is 0 Å². The monoisotopic (exact) mass is 298 g/mol. The Labute approximate surface area is 124 Å². The molecule has 0 heterocycles. The van der Waals surface area contributed by atoms with Crippen LogP contribution < -0.4 is 11.1 Å². The van der Waals surface area contributed by atoms with Crippen molar-refractivity contribution in [2.45, 2.75) is 50.1 Å². The van der Waals surface area contributed by atoms with Crippen molar-refractivity contribution < 1.29 is 9.18 Å². The average molecular weight is 299 g/mol. The van der Waals surface area contributed by atoms with E-state index in [1.54, 1.807) is 12.1 Å². The van der Waals surface area contributed by atoms with Gasteiger partial charge in [0.05, 0.1) is 5.56 Å². The first-order valence-electron chi connectivity index (χ1n) is 7.01. The zero-order chi connectivity index (χ0) is 13.4. The Morgan fingerprint density at radius 3 is 2.55 bits per heavy atom. The molecule has 0 radical (unpaired) electrons. The quantitative estimate of drug-likeness (QED) is 0.901. The molecule has 0 aliphatic heterocycles. The topological polar surface area (TPSA) is 55.1 Å². The molecule has 5 heteroatoms. The fourth-order valence-electron chi connectivity index (χ4n) is 2.88. The number of rotatable bonds is 3. The van der Waals surface area contributed by atoms with Crippen LogP contribution in [-0.2, 0) is 0 Å². The molecule has 2 unspecified atom stereocenters. The van der Waals surface area contributed by atoms with E-state index >= 15 is 0 Å². The number of hydrogen-bond acceptors (Lipinski definition) is 2. The molecule has 0 bridgehead atoms. The number of benzene rings is 1. The lowest BCUT2D eigenvalue weighted by Gasteiger charge is -2.13. The Balaban J connectivity index is 0.00000147. The normalized spacial score (nSPS) is 25.1. The molecule has 20 heavy (non-hydrogen) atoms. The van der Waals surface area contributed by atoms with Crippen molar-refractivity contribution in [3.63, 3.8) is 0 Å². The highest BCUT2D eigenvalue weighted by atomic mass is 35.5. The van der Waals surface area contributed by atoms with Gasteiger partial charge >= 0.3 is 0 Å². The second kappa shape index (κ2) is 6.10. The summed E-state index contributed by atoms with van der Waals surface area (Å²) in [5.74, 6) is -0.451. The first-order chi connectivity index (χ1) is 9.15. The summed E-state index contributed by atoms with van der Waals surface area (Å²) in [6, 6.07) is 5.15. The van der Waals surface area contributed by atoms with E-state index < -0.39 is 5.82 Å². The van der Waals surface area contributed by atoms with E-state index in [9.17, 15) is 9.18 Å². The Morgan fingerprint density at radius 1 is 1.30 bits per heavy atom. The number of carbonyl (C=O) groups excluding carboxylic acids is 1. The SMILES string of the molecule is Cl.NC1CC1c1ccc(F)c(C(=O)NC2CCCC2)c1. The van der Waals surface area contributed by atoms with Gasteiger partial charge in [0.15, 0.2) is 0 Å². The van der Waals surface area contributed by atoms with Crippen LogP contribution in [0.5, 0.6) is 0 Å². The van der Waals surface area contributed by atoms with Crippen LogP contribution in [0.1, 0.15) is 53.9 Å². The van der Waals surface area contributed by atoms with Crippen molar-refractivity contribution in [3.05, 3.63) is 35.1 Å². The summed E-state index contributed by atoms with van der Waals surface area (Å²) in [5.41, 5.74) is 6.93. The van der Waals surface area contributed by atoms with Gasteiger partial charge in [-0.2, -0.15) is 0 Å². The van der Waals surface area contributed by atoms with E-state index in [-0.39, 0.29) is 36.0 Å². The molecule has 3 N–H and O–H groups in total. The molecule has 0 saturated heterocycles. The van der Waals surface area contributed by atoms with Gasteiger partial charge in [-0.3, -0.25) is 4.79 Å². The molecule has 0 aromatic heterocycles. The molecule has 0 spiro atoms. The summed E-state index contributed by atoms with van der Waals surface area (Å²) in [5, 5.41) is 2.92. The molecule has 1 amide bonds. The first-order valence-corrected chi connectivity index (χ1v) is 7.01. The summed E-state index contributed by atoms with van der Waals surface area (Å²) < 4.78 is 13.8. The largest absolute Gasteiger partial charge is 0.349 e. The van der Waals surface area contributed by atoms with Crippen LogP contribution in [0.4, 0.5) is 4.39 Å². The minimum Gasteiger partial charge on any atom is -0.349 e. The van der Waals surface area contributed by atoms with Gasteiger partial charge in [0.25, 0.3) is 5.91 Å². The van der Waals surface area contributed by atoms with E-state index in [4.69, 9.17) is 5.73 Å². The molecule has 2 atom stereocenters. The van der Waals surface area contributed by atoms with Crippen molar-refractivity contribution in [2.24, 2.45) is 5.73 Å². The molecular weight excluding hydrogens is 279 g/mol. The van der Waals surface area contributed by atoms with Gasteiger partial charge in [-0.25, -0.2) is 4.39 Å². The van der Waals surface area contributed by atoms with Crippen LogP contribution >= 0.6 is 12.4 Å². The van der Waals surface area contributed by atoms with Crippen molar-refractivity contribution in [1.82, 2.24) is 5.32 Å². The van der Waals surface area contributed by atoms with Crippen LogP contribution in [0.3, 0.4) is 0 Å². The van der Waals surface area contributed by atoms with Crippen molar-refractivity contribution in [1.29, 1.82) is 0 Å². The fraction of sp³-hybridized carbons (Fsp3) is 0.533. The van der Waals surface area contributed by atoms with Gasteiger partial charge in [0, 0.05) is 18.0 Å². The van der Waals surface area contributed by atoms with Gasteiger partial charge < -0.3 is 11.1 Å². The lowest BCUT2D eigenvalue weighted by atomic mass is 10.1. The van der Waals surface area contributed by atoms with Gasteiger partial charge in [-0.1, -0.05) is 18.9 Å². The van der Waals surface area contributed by atoms with Gasteiger partial charge in [-0.05, 0) is 37.0 Å². The maximum Gasteiger partial charge on any atom is 0.254 e. The van der Waals surface area contributed by atoms with Crippen LogP contribution in [0, 0.1) is 5.82 Å². The van der Waals surface area contributed by atoms with E-state index in [1.165, 1.54) is 6.07 Å². The molecule has 2 aliphatic carbocycles. The van der Waals surface area contributed by atoms with Crippen molar-refractivity contribution >= 4 is 18.3 Å². The second-order valence-electron chi connectivity index (χ2n) is 5.70. The summed E-state index contributed by atoms with van der Waals surface area (Å²) in [4.78, 5) is 12.1. The van der Waals surface area contributed by atoms with Gasteiger partial charge in [0.2, 0.25) is 0 Å². The number of halogens is 2. The first kappa shape index (κ1) is 15.3. The average Bonchev–Trinajstić information content (AvgIpc) is 2.89. The third-order valence-electron chi connectivity index (χ3n) is 4.19. The van der Waals surface area contributed by atoms with Crippen molar-refractivity contribution in [2.75, 3.05) is 0 Å². The molecule has 2 fully saturated rings. The van der Waals surface area contributed by atoms with Crippen LogP contribution in [0.2, 0.25) is 0 Å². The third-order valence-corrected chi connectivity index (χ3v) is 4.19. The highest BCUT2D eigenvalue weighted by molar-refractivity contribution is 5.95. The molecule has 110 valence electrons. The third kappa shape index (κ3) is 3.13. The summed E-state index contributed by atoms with van der Waals surface area (Å²) >= 11 is 0. The van der Waals surface area contributed by atoms with E-state index in [0.29, 0.717) is 5.92 Å². The van der Waals surface area contributed by atoms with Crippen LogP contribution in [-0.4, -0.2) is 18.0 Å². The molecule has 2 aliphatic rings. The van der Waals surface area contributed by atoms with Crippen LogP contribution in [0.15, 0.2) is 18.2 Å². The molecular formula is C15H20ClFN2O. The highest BCUT2D eigenvalue weighted by Crippen LogP contribution is 2.39. The minimum absolute atomic E-state index is 0. The summed E-state index contributed by atoms with van der Waals surface area (Å²) in [7, 11) is 0. The maximum absolute atomic E-state index is 13.8. The number of carbonyl (C=O) groups is 1. The lowest BCUT2D eigenvalue weighted by molar-refractivity contribution is 0.0933. The second-order valence-corrected chi connectivity index (χ2v) is 5.70. The molecule has 3 nitrogen and oxygen atoms in total. The number of nitrogens with one attached hydrogen (secondary N) is 1. The van der Waals surface area contributed by atoms with E-state index in [1.807, 2.05) is 0 Å². The Hall–Kier alpha value is -1.13. The fourth-order valence-corrected chi connectivity index (χ4v) is 2.88. The number of hydrogen-bond donors (Lipinski definition) is 2. The van der Waals surface area contributed by atoms with Gasteiger partial charge in [0.1, 0.15) is 5.82 Å². The van der Waals surface area contributed by atoms with Crippen LogP contribution in [0.25, 0.3) is 0 Å². The Bertz CT molecular complexity index is 503. The lowest BCUT2D eigenvalue weighted by Crippen LogP contribution is -2.33. The Kier molecular flexibility index (Phi) is 4.66. The van der Waals surface area contributed by atoms with E-state index in [0.717, 1.165) is 37.7 Å². The maximum atomic E-state index is 13.8. The Morgan fingerprint density at radius 2 is 1.95 bits per heavy atom. The predicted octanol–water partition coefficient (Wildman–Crippen LogP) is 2.73. The zero-order valence-electron chi connectivity index (χ0n) is 11.3. The smallest absolute Gasteiger partial charge is 0.254 e. The van der Waals surface area contributed by atoms with E-state index in [2.05, 4.69) is 5.32 Å². The highest BCUT2D eigenvalue weighted by Gasteiger charge is 2.35. The zero-order valence-corrected chi connectivity index (χ0v) is 12.1. The summed E-state index contributed by atoms with van der Waals surface area (Å²) in [6.45, 7) is 0. The van der Waals surface area contributed by atoms with Gasteiger partial charge in [-0.15, -0.1) is 12.4 Å².